The van der Waals surface area contributed by atoms with E-state index in [2.05, 4.69) is 19.2 Å². The van der Waals surface area contributed by atoms with Crippen LogP contribution >= 0.6 is 0 Å². The zero-order valence-electron chi connectivity index (χ0n) is 12.6. The summed E-state index contributed by atoms with van der Waals surface area (Å²) in [6.45, 7) is 4.33. The quantitative estimate of drug-likeness (QED) is 0.894. The van der Waals surface area contributed by atoms with E-state index in [0.717, 1.165) is 25.7 Å². The van der Waals surface area contributed by atoms with E-state index < -0.39 is 12.0 Å². The lowest BCUT2D eigenvalue weighted by Gasteiger charge is -2.34. The first-order valence-corrected chi connectivity index (χ1v) is 7.47. The highest BCUT2D eigenvalue weighted by molar-refractivity contribution is 5.85. The standard InChI is InChI=1S/C17H23NO3/c1-17(2)10-6-9-13(11-17)15(19)18-14(16(20)21)12-7-4-3-5-8-12/h3-5,7-8,13-14H,6,9-11H2,1-2H3,(H,18,19)(H,20,21)/t13?,14-/m0/s1. The van der Waals surface area contributed by atoms with Crippen LogP contribution in [0.25, 0.3) is 0 Å². The van der Waals surface area contributed by atoms with Crippen LogP contribution in [0.15, 0.2) is 30.3 Å². The zero-order valence-corrected chi connectivity index (χ0v) is 12.6. The highest BCUT2D eigenvalue weighted by Gasteiger charge is 2.33. The average Bonchev–Trinajstić information content (AvgIpc) is 2.44. The van der Waals surface area contributed by atoms with E-state index in [1.807, 2.05) is 6.07 Å². The molecule has 4 heteroatoms. The van der Waals surface area contributed by atoms with Gasteiger partial charge in [0.25, 0.3) is 0 Å². The highest BCUT2D eigenvalue weighted by atomic mass is 16.4. The molecule has 2 N–H and O–H groups in total. The van der Waals surface area contributed by atoms with Gasteiger partial charge in [-0.25, -0.2) is 4.79 Å². The molecule has 1 unspecified atom stereocenters. The molecule has 0 heterocycles. The van der Waals surface area contributed by atoms with Crippen LogP contribution in [-0.2, 0) is 9.59 Å². The van der Waals surface area contributed by atoms with Crippen LogP contribution in [0.2, 0.25) is 0 Å². The summed E-state index contributed by atoms with van der Waals surface area (Å²) in [6.07, 6.45) is 3.81. The number of carbonyl (C=O) groups excluding carboxylic acids is 1. The van der Waals surface area contributed by atoms with Crippen LogP contribution < -0.4 is 5.32 Å². The number of amides is 1. The van der Waals surface area contributed by atoms with Gasteiger partial charge in [0.1, 0.15) is 0 Å². The summed E-state index contributed by atoms with van der Waals surface area (Å²) in [6, 6.07) is 7.87. The van der Waals surface area contributed by atoms with Crippen molar-refractivity contribution in [2.24, 2.45) is 11.3 Å². The number of carboxylic acid groups (broad SMARTS) is 1. The van der Waals surface area contributed by atoms with E-state index >= 15 is 0 Å². The van der Waals surface area contributed by atoms with Crippen LogP contribution in [0.4, 0.5) is 0 Å². The highest BCUT2D eigenvalue weighted by Crippen LogP contribution is 2.38. The molecule has 0 radical (unpaired) electrons. The molecule has 114 valence electrons. The average molecular weight is 289 g/mol. The van der Waals surface area contributed by atoms with Crippen LogP contribution in [0.3, 0.4) is 0 Å². The van der Waals surface area contributed by atoms with Gasteiger partial charge in [-0.05, 0) is 30.2 Å². The van der Waals surface area contributed by atoms with Crippen LogP contribution in [0.5, 0.6) is 0 Å². The lowest BCUT2D eigenvalue weighted by molar-refractivity contribution is -0.143. The number of carboxylic acids is 1. The maximum Gasteiger partial charge on any atom is 0.330 e. The smallest absolute Gasteiger partial charge is 0.330 e. The van der Waals surface area contributed by atoms with E-state index in [0.29, 0.717) is 5.56 Å². The Morgan fingerprint density at radius 3 is 2.52 bits per heavy atom. The number of aliphatic carboxylic acids is 1. The van der Waals surface area contributed by atoms with Gasteiger partial charge in [-0.15, -0.1) is 0 Å². The Kier molecular flexibility index (Phi) is 4.66. The van der Waals surface area contributed by atoms with Gasteiger partial charge in [0, 0.05) is 5.92 Å². The Balaban J connectivity index is 2.07. The summed E-state index contributed by atoms with van der Waals surface area (Å²) in [5.41, 5.74) is 0.763. The van der Waals surface area contributed by atoms with E-state index in [9.17, 15) is 14.7 Å². The van der Waals surface area contributed by atoms with Crippen molar-refractivity contribution in [2.75, 3.05) is 0 Å². The Morgan fingerprint density at radius 1 is 1.29 bits per heavy atom. The number of hydrogen-bond donors (Lipinski definition) is 2. The van der Waals surface area contributed by atoms with Gasteiger partial charge in [-0.1, -0.05) is 50.6 Å². The van der Waals surface area contributed by atoms with Crippen molar-refractivity contribution in [3.63, 3.8) is 0 Å². The predicted octanol–water partition coefficient (Wildman–Crippen LogP) is 3.14. The van der Waals surface area contributed by atoms with Crippen LogP contribution in [-0.4, -0.2) is 17.0 Å². The fourth-order valence-electron chi connectivity index (χ4n) is 3.12. The van der Waals surface area contributed by atoms with E-state index in [1.54, 1.807) is 24.3 Å². The summed E-state index contributed by atoms with van der Waals surface area (Å²) in [5, 5.41) is 12.1. The van der Waals surface area contributed by atoms with Crippen molar-refractivity contribution in [3.05, 3.63) is 35.9 Å². The molecular weight excluding hydrogens is 266 g/mol. The van der Waals surface area contributed by atoms with Crippen molar-refractivity contribution >= 4 is 11.9 Å². The number of carbonyl (C=O) groups is 2. The maximum absolute atomic E-state index is 12.4. The minimum atomic E-state index is -1.02. The molecule has 0 saturated heterocycles. The molecule has 1 aromatic carbocycles. The van der Waals surface area contributed by atoms with Crippen LogP contribution in [0.1, 0.15) is 51.1 Å². The van der Waals surface area contributed by atoms with Gasteiger partial charge in [0.15, 0.2) is 6.04 Å². The Labute approximate surface area is 125 Å². The fourth-order valence-corrected chi connectivity index (χ4v) is 3.12. The summed E-state index contributed by atoms with van der Waals surface area (Å²) in [4.78, 5) is 23.8. The molecule has 2 rings (SSSR count). The molecule has 0 aliphatic heterocycles. The van der Waals surface area contributed by atoms with Crippen LogP contribution in [0, 0.1) is 11.3 Å². The Hall–Kier alpha value is -1.84. The molecule has 1 saturated carbocycles. The van der Waals surface area contributed by atoms with Crippen molar-refractivity contribution < 1.29 is 14.7 Å². The second-order valence-electron chi connectivity index (χ2n) is 6.65. The first-order chi connectivity index (χ1) is 9.89. The third kappa shape index (κ3) is 4.06. The number of benzene rings is 1. The molecular formula is C17H23NO3. The van der Waals surface area contributed by atoms with E-state index in [-0.39, 0.29) is 17.2 Å². The lowest BCUT2D eigenvalue weighted by Crippen LogP contribution is -2.40. The third-order valence-electron chi connectivity index (χ3n) is 4.24. The molecule has 1 aliphatic carbocycles. The Morgan fingerprint density at radius 2 is 1.95 bits per heavy atom. The zero-order chi connectivity index (χ0) is 15.5. The van der Waals surface area contributed by atoms with Gasteiger partial charge < -0.3 is 10.4 Å². The molecule has 0 bridgehead atoms. The van der Waals surface area contributed by atoms with Gasteiger partial charge >= 0.3 is 5.97 Å². The molecule has 4 nitrogen and oxygen atoms in total. The van der Waals surface area contributed by atoms with Crippen molar-refractivity contribution in [2.45, 2.75) is 45.6 Å². The molecule has 0 spiro atoms. The summed E-state index contributed by atoms with van der Waals surface area (Å²) in [7, 11) is 0. The second-order valence-corrected chi connectivity index (χ2v) is 6.65. The van der Waals surface area contributed by atoms with E-state index in [4.69, 9.17) is 0 Å². The topological polar surface area (TPSA) is 66.4 Å². The third-order valence-corrected chi connectivity index (χ3v) is 4.24. The Bertz CT molecular complexity index is 510. The number of nitrogens with one attached hydrogen (secondary N) is 1. The summed E-state index contributed by atoms with van der Waals surface area (Å²) in [5.74, 6) is -1.25. The fraction of sp³-hybridized carbons (Fsp3) is 0.529. The molecule has 1 aromatic rings. The first kappa shape index (κ1) is 15.5. The molecule has 1 aliphatic rings. The second kappa shape index (κ2) is 6.29. The van der Waals surface area contributed by atoms with Crippen molar-refractivity contribution in [1.29, 1.82) is 0 Å². The first-order valence-electron chi connectivity index (χ1n) is 7.47. The predicted molar refractivity (Wildman–Crippen MR) is 80.7 cm³/mol. The van der Waals surface area contributed by atoms with Crippen molar-refractivity contribution in [3.8, 4) is 0 Å². The van der Waals surface area contributed by atoms with Gasteiger partial charge in [0.2, 0.25) is 5.91 Å². The maximum atomic E-state index is 12.4. The molecule has 0 aromatic heterocycles. The monoisotopic (exact) mass is 289 g/mol. The number of hydrogen-bond acceptors (Lipinski definition) is 2. The summed E-state index contributed by atoms with van der Waals surface area (Å²) >= 11 is 0. The minimum Gasteiger partial charge on any atom is -0.479 e. The van der Waals surface area contributed by atoms with E-state index in [1.165, 1.54) is 0 Å². The van der Waals surface area contributed by atoms with Gasteiger partial charge in [-0.3, -0.25) is 4.79 Å². The minimum absolute atomic E-state index is 0.0840. The van der Waals surface area contributed by atoms with Gasteiger partial charge in [0.05, 0.1) is 0 Å². The largest absolute Gasteiger partial charge is 0.479 e. The van der Waals surface area contributed by atoms with Gasteiger partial charge in [-0.2, -0.15) is 0 Å². The molecule has 1 fully saturated rings. The SMILES string of the molecule is CC1(C)CCCC(C(=O)N[C@H](C(=O)O)c2ccccc2)C1. The lowest BCUT2D eigenvalue weighted by atomic mass is 9.72. The molecule has 21 heavy (non-hydrogen) atoms. The normalized spacial score (nSPS) is 22.3. The summed E-state index contributed by atoms with van der Waals surface area (Å²) < 4.78 is 0. The molecule has 2 atom stereocenters. The molecule has 1 amide bonds. The van der Waals surface area contributed by atoms with Crippen molar-refractivity contribution in [1.82, 2.24) is 5.32 Å². The number of rotatable bonds is 4.